The minimum Gasteiger partial charge on any atom is -0.369 e. The lowest BCUT2D eigenvalue weighted by Crippen LogP contribution is -2.27. The van der Waals surface area contributed by atoms with E-state index < -0.39 is 0 Å². The zero-order valence-corrected chi connectivity index (χ0v) is 14.3. The molecule has 128 valence electrons. The van der Waals surface area contributed by atoms with E-state index in [2.05, 4.69) is 11.8 Å². The molecule has 1 atom stereocenters. The Morgan fingerprint density at radius 2 is 2.04 bits per heavy atom. The van der Waals surface area contributed by atoms with Gasteiger partial charge in [-0.15, -0.1) is 0 Å². The molecule has 1 saturated carbocycles. The molecule has 1 aliphatic heterocycles. The van der Waals surface area contributed by atoms with Crippen LogP contribution < -0.4 is 16.2 Å². The van der Waals surface area contributed by atoms with Crippen LogP contribution in [0.5, 0.6) is 0 Å². The molecular weight excluding hydrogens is 305 g/mol. The van der Waals surface area contributed by atoms with Crippen molar-refractivity contribution in [2.24, 2.45) is 11.7 Å². The second-order valence-electron chi connectivity index (χ2n) is 7.39. The molecule has 5 heteroatoms. The highest BCUT2D eigenvalue weighted by Crippen LogP contribution is 2.40. The van der Waals surface area contributed by atoms with Crippen molar-refractivity contribution in [2.75, 3.05) is 18.0 Å². The summed E-state index contributed by atoms with van der Waals surface area (Å²) < 4.78 is 16.8. The van der Waals surface area contributed by atoms with E-state index in [-0.39, 0.29) is 24.0 Å². The average molecular weight is 329 g/mol. The van der Waals surface area contributed by atoms with Crippen molar-refractivity contribution in [3.8, 4) is 0 Å². The highest BCUT2D eigenvalue weighted by molar-refractivity contribution is 5.88. The second-order valence-corrected chi connectivity index (χ2v) is 7.39. The molecule has 0 radical (unpaired) electrons. The maximum Gasteiger partial charge on any atom is 0.255 e. The predicted molar refractivity (Wildman–Crippen MR) is 95.1 cm³/mol. The van der Waals surface area contributed by atoms with E-state index in [4.69, 9.17) is 5.73 Å². The predicted octanol–water partition coefficient (Wildman–Crippen LogP) is 3.09. The van der Waals surface area contributed by atoms with Crippen molar-refractivity contribution in [3.05, 3.63) is 39.4 Å². The fraction of sp³-hybridized carbons (Fsp3) is 0.526. The van der Waals surface area contributed by atoms with Crippen LogP contribution in [-0.2, 0) is 6.54 Å². The Kier molecular flexibility index (Phi) is 3.64. The summed E-state index contributed by atoms with van der Waals surface area (Å²) in [5, 5.41) is 0.785. The topological polar surface area (TPSA) is 51.3 Å². The van der Waals surface area contributed by atoms with E-state index in [9.17, 15) is 9.18 Å². The Morgan fingerprint density at radius 1 is 1.29 bits per heavy atom. The van der Waals surface area contributed by atoms with Gasteiger partial charge in [-0.3, -0.25) is 4.79 Å². The number of rotatable bonds is 3. The normalized spacial score (nSPS) is 21.0. The fourth-order valence-corrected chi connectivity index (χ4v) is 4.07. The number of benzene rings is 1. The minimum atomic E-state index is -0.196. The van der Waals surface area contributed by atoms with Crippen LogP contribution in [-0.4, -0.2) is 17.7 Å². The van der Waals surface area contributed by atoms with Gasteiger partial charge in [0.1, 0.15) is 5.82 Å². The van der Waals surface area contributed by atoms with Crippen LogP contribution in [0.3, 0.4) is 0 Å². The summed E-state index contributed by atoms with van der Waals surface area (Å²) in [5.74, 6) is 0.378. The van der Waals surface area contributed by atoms with Crippen LogP contribution in [0.1, 0.15) is 43.4 Å². The third-order valence-corrected chi connectivity index (χ3v) is 5.43. The molecule has 2 aliphatic rings. The lowest BCUT2D eigenvalue weighted by molar-refractivity contribution is 0.619. The molecule has 1 saturated heterocycles. The van der Waals surface area contributed by atoms with Crippen molar-refractivity contribution in [2.45, 2.75) is 45.7 Å². The summed E-state index contributed by atoms with van der Waals surface area (Å²) in [6.45, 7) is 6.08. The lowest BCUT2D eigenvalue weighted by atomic mass is 10.0. The Balaban J connectivity index is 2.00. The highest BCUT2D eigenvalue weighted by atomic mass is 19.1. The van der Waals surface area contributed by atoms with E-state index >= 15 is 0 Å². The third-order valence-electron chi connectivity index (χ3n) is 5.43. The minimum absolute atomic E-state index is 0.0112. The summed E-state index contributed by atoms with van der Waals surface area (Å²) in [7, 11) is 0. The molecule has 2 heterocycles. The number of aryl methyl sites for hydroxylation is 1. The second kappa shape index (κ2) is 5.59. The number of anilines is 1. The molecule has 4 nitrogen and oxygen atoms in total. The van der Waals surface area contributed by atoms with E-state index in [0.29, 0.717) is 17.2 Å². The number of nitrogens with two attached hydrogens (primary N) is 1. The average Bonchev–Trinajstić information content (AvgIpc) is 3.29. The van der Waals surface area contributed by atoms with Gasteiger partial charge < -0.3 is 15.2 Å². The molecule has 1 aliphatic carbocycles. The van der Waals surface area contributed by atoms with Gasteiger partial charge >= 0.3 is 0 Å². The van der Waals surface area contributed by atoms with Gasteiger partial charge in [-0.1, -0.05) is 6.92 Å². The smallest absolute Gasteiger partial charge is 0.255 e. The number of halogens is 1. The number of fused-ring (bicyclic) bond motifs is 1. The first-order valence-electron chi connectivity index (χ1n) is 8.83. The lowest BCUT2D eigenvalue weighted by Gasteiger charge is -2.24. The molecule has 0 unspecified atom stereocenters. The van der Waals surface area contributed by atoms with Crippen LogP contribution >= 0.6 is 0 Å². The molecular formula is C19H24FN3O. The first kappa shape index (κ1) is 15.6. The summed E-state index contributed by atoms with van der Waals surface area (Å²) in [4.78, 5) is 14.9. The van der Waals surface area contributed by atoms with Crippen molar-refractivity contribution >= 4 is 16.6 Å². The van der Waals surface area contributed by atoms with Gasteiger partial charge in [0.25, 0.3) is 5.56 Å². The molecule has 1 aromatic heterocycles. The van der Waals surface area contributed by atoms with Crippen molar-refractivity contribution in [1.82, 2.24) is 4.57 Å². The van der Waals surface area contributed by atoms with E-state index in [1.165, 1.54) is 0 Å². The Hall–Kier alpha value is -1.88. The number of aromatic nitrogens is 1. The van der Waals surface area contributed by atoms with Gasteiger partial charge in [0.15, 0.2) is 0 Å². The molecule has 0 spiro atoms. The van der Waals surface area contributed by atoms with Gasteiger partial charge in [-0.25, -0.2) is 4.39 Å². The highest BCUT2D eigenvalue weighted by Gasteiger charge is 2.30. The number of hydrogen-bond acceptors (Lipinski definition) is 3. The zero-order valence-electron chi connectivity index (χ0n) is 14.3. The SMILES string of the molecule is Cc1c(N2CC[C@H](C)C2)c(F)cc2cc(CN)c(=O)n(C3CC3)c12. The largest absolute Gasteiger partial charge is 0.369 e. The van der Waals surface area contributed by atoms with Crippen molar-refractivity contribution in [1.29, 1.82) is 0 Å². The molecule has 1 aromatic carbocycles. The van der Waals surface area contributed by atoms with Gasteiger partial charge in [0.2, 0.25) is 0 Å². The van der Waals surface area contributed by atoms with Gasteiger partial charge in [-0.05, 0) is 49.8 Å². The standard InChI is InChI=1S/C19H24FN3O/c1-11-5-6-22(10-11)18-12(2)17-13(8-16(18)20)7-14(9-21)19(24)23(17)15-3-4-15/h7-8,11,15H,3-6,9-10,21H2,1-2H3/t11-/m0/s1. The Labute approximate surface area is 141 Å². The van der Waals surface area contributed by atoms with E-state index in [1.54, 1.807) is 12.1 Å². The number of pyridine rings is 1. The monoisotopic (exact) mass is 329 g/mol. The van der Waals surface area contributed by atoms with Crippen LogP contribution in [0.4, 0.5) is 10.1 Å². The molecule has 0 bridgehead atoms. The van der Waals surface area contributed by atoms with E-state index in [0.717, 1.165) is 48.8 Å². The van der Waals surface area contributed by atoms with Crippen LogP contribution in [0.15, 0.2) is 16.9 Å². The maximum atomic E-state index is 14.9. The number of hydrogen-bond donors (Lipinski definition) is 1. The molecule has 2 N–H and O–H groups in total. The summed E-state index contributed by atoms with van der Waals surface area (Å²) in [6.07, 6.45) is 3.10. The first-order valence-corrected chi connectivity index (χ1v) is 8.83. The molecule has 2 aromatic rings. The van der Waals surface area contributed by atoms with Crippen LogP contribution in [0, 0.1) is 18.7 Å². The van der Waals surface area contributed by atoms with Gasteiger partial charge in [0, 0.05) is 36.6 Å². The van der Waals surface area contributed by atoms with Gasteiger partial charge in [-0.2, -0.15) is 0 Å². The maximum absolute atomic E-state index is 14.9. The molecule has 4 rings (SSSR count). The summed E-state index contributed by atoms with van der Waals surface area (Å²) in [5.41, 5.74) is 8.72. The molecule has 24 heavy (non-hydrogen) atoms. The Bertz CT molecular complexity index is 869. The van der Waals surface area contributed by atoms with Crippen LogP contribution in [0.2, 0.25) is 0 Å². The van der Waals surface area contributed by atoms with Gasteiger partial charge in [0.05, 0.1) is 11.2 Å². The Morgan fingerprint density at radius 3 is 2.62 bits per heavy atom. The fourth-order valence-electron chi connectivity index (χ4n) is 4.07. The first-order chi connectivity index (χ1) is 11.5. The molecule has 2 fully saturated rings. The van der Waals surface area contributed by atoms with Crippen molar-refractivity contribution in [3.63, 3.8) is 0 Å². The summed E-state index contributed by atoms with van der Waals surface area (Å²) in [6, 6.07) is 3.59. The summed E-state index contributed by atoms with van der Waals surface area (Å²) >= 11 is 0. The van der Waals surface area contributed by atoms with Crippen LogP contribution in [0.25, 0.3) is 10.9 Å². The van der Waals surface area contributed by atoms with E-state index in [1.807, 2.05) is 11.5 Å². The zero-order chi connectivity index (χ0) is 17.0. The molecule has 0 amide bonds. The quantitative estimate of drug-likeness (QED) is 0.941. The third kappa shape index (κ3) is 2.34. The van der Waals surface area contributed by atoms with Crippen molar-refractivity contribution < 1.29 is 4.39 Å². The number of nitrogens with zero attached hydrogens (tertiary/aromatic N) is 2.